The average Bonchev–Trinajstić information content (AvgIpc) is 2.82. The Kier molecular flexibility index (Phi) is 6.82. The van der Waals surface area contributed by atoms with Crippen molar-refractivity contribution in [3.05, 3.63) is 53.9 Å². The van der Waals surface area contributed by atoms with Crippen molar-refractivity contribution in [2.75, 3.05) is 23.8 Å². The molecule has 0 spiro atoms. The predicted molar refractivity (Wildman–Crippen MR) is 123 cm³/mol. The van der Waals surface area contributed by atoms with E-state index in [0.29, 0.717) is 17.0 Å². The fourth-order valence-electron chi connectivity index (χ4n) is 3.66. The van der Waals surface area contributed by atoms with E-state index in [9.17, 15) is 19.5 Å². The molecule has 182 valence electrons. The molecule has 2 aliphatic rings. The number of fused-ring (bicyclic) bond motifs is 1. The molecule has 35 heavy (non-hydrogen) atoms. The van der Waals surface area contributed by atoms with Crippen LogP contribution in [0.2, 0.25) is 0 Å². The normalized spacial score (nSPS) is 19.6. The van der Waals surface area contributed by atoms with E-state index in [1.165, 1.54) is 24.0 Å². The highest BCUT2D eigenvalue weighted by molar-refractivity contribution is 8.00. The van der Waals surface area contributed by atoms with Crippen molar-refractivity contribution in [1.82, 2.24) is 20.2 Å². The lowest BCUT2D eigenvalue weighted by Gasteiger charge is -2.50. The first-order valence-electron chi connectivity index (χ1n) is 10.5. The van der Waals surface area contributed by atoms with Crippen LogP contribution in [-0.4, -0.2) is 62.1 Å². The van der Waals surface area contributed by atoms with Crippen molar-refractivity contribution in [3.8, 4) is 0 Å². The van der Waals surface area contributed by atoms with E-state index in [0.717, 1.165) is 4.90 Å². The van der Waals surface area contributed by atoms with E-state index < -0.39 is 29.2 Å². The minimum atomic E-state index is -1.47. The van der Waals surface area contributed by atoms with Crippen LogP contribution >= 0.6 is 11.8 Å². The monoisotopic (exact) mass is 498 g/mol. The lowest BCUT2D eigenvalue weighted by Crippen LogP contribution is -2.71. The van der Waals surface area contributed by atoms with E-state index in [1.807, 2.05) is 0 Å². The Morgan fingerprint density at radius 3 is 2.89 bits per heavy atom. The topological polar surface area (TPSA) is 193 Å². The standard InChI is InChI=1S/C21H22N8O5S/c1-2-34-27-14(17-24-6-5-13(23)25-17)18(30)26-15-19(31)29-16(21(32)33)11(10-35-20(15)29)8-28-7-3-4-12(22)9-28/h3-7,9,15,20H,2,8,10,22H2,1H3,(H3-,23,24,25,26,30,32,33)/t15?,20-/m1/s1. The maximum atomic E-state index is 13.0. The summed E-state index contributed by atoms with van der Waals surface area (Å²) in [6.07, 6.45) is 4.76. The third-order valence-electron chi connectivity index (χ3n) is 5.17. The Bertz CT molecular complexity index is 1250. The number of anilines is 2. The molecular weight excluding hydrogens is 476 g/mol. The summed E-state index contributed by atoms with van der Waals surface area (Å²) in [4.78, 5) is 52.0. The van der Waals surface area contributed by atoms with Gasteiger partial charge in [0.1, 0.15) is 23.8 Å². The number of carbonyl (C=O) groups excluding carboxylic acids is 3. The van der Waals surface area contributed by atoms with E-state index in [2.05, 4.69) is 20.4 Å². The van der Waals surface area contributed by atoms with Crippen LogP contribution in [-0.2, 0) is 25.8 Å². The Morgan fingerprint density at radius 1 is 1.40 bits per heavy atom. The Morgan fingerprint density at radius 2 is 2.20 bits per heavy atom. The van der Waals surface area contributed by atoms with Gasteiger partial charge < -0.3 is 31.5 Å². The molecule has 1 fully saturated rings. The summed E-state index contributed by atoms with van der Waals surface area (Å²) >= 11 is 1.32. The first-order chi connectivity index (χ1) is 16.8. The van der Waals surface area contributed by atoms with Crippen LogP contribution in [0.25, 0.3) is 0 Å². The summed E-state index contributed by atoms with van der Waals surface area (Å²) in [6, 6.07) is 3.90. The second-order valence-corrected chi connectivity index (χ2v) is 8.68. The van der Waals surface area contributed by atoms with Crippen molar-refractivity contribution in [2.45, 2.75) is 24.9 Å². The van der Waals surface area contributed by atoms with Crippen LogP contribution in [0.4, 0.5) is 11.5 Å². The number of nitrogens with two attached hydrogens (primary N) is 2. The highest BCUT2D eigenvalue weighted by Gasteiger charge is 2.53. The van der Waals surface area contributed by atoms with Crippen LogP contribution < -0.4 is 26.5 Å². The molecule has 4 heterocycles. The van der Waals surface area contributed by atoms with Crippen molar-refractivity contribution in [1.29, 1.82) is 0 Å². The van der Waals surface area contributed by atoms with Crippen molar-refractivity contribution >= 4 is 46.8 Å². The molecule has 2 aromatic rings. The molecule has 2 amide bonds. The number of aromatic nitrogens is 3. The third-order valence-corrected chi connectivity index (χ3v) is 6.51. The van der Waals surface area contributed by atoms with Gasteiger partial charge in [0.15, 0.2) is 24.8 Å². The van der Waals surface area contributed by atoms with Gasteiger partial charge in [-0.25, -0.2) is 9.97 Å². The third kappa shape index (κ3) is 4.87. The Hall–Kier alpha value is -4.20. The number of β-lactam (4-membered cyclic amide) rings is 1. The molecule has 4 rings (SSSR count). The molecule has 0 aromatic carbocycles. The quantitative estimate of drug-likeness (QED) is 0.155. The number of hydrogen-bond acceptors (Lipinski definition) is 11. The van der Waals surface area contributed by atoms with E-state index in [4.69, 9.17) is 16.3 Å². The minimum absolute atomic E-state index is 0.0763. The first kappa shape index (κ1) is 23.9. The second kappa shape index (κ2) is 9.97. The fraction of sp³-hybridized carbons (Fsp3) is 0.286. The number of nitrogens with one attached hydrogen (secondary N) is 1. The van der Waals surface area contributed by atoms with Crippen molar-refractivity contribution < 1.29 is 28.9 Å². The van der Waals surface area contributed by atoms with Crippen LogP contribution in [0.15, 0.2) is 53.2 Å². The SMILES string of the molecule is CCON=C(C(=O)NC1C(=O)N2C(C(=O)[O-])=C(C[n+]3cccc(N)c3)CS[C@H]12)c1nccc(N)n1. The molecule has 5 N–H and O–H groups in total. The predicted octanol–water partition coefficient (Wildman–Crippen LogP) is -2.23. The van der Waals surface area contributed by atoms with Gasteiger partial charge in [-0.15, -0.1) is 11.8 Å². The van der Waals surface area contributed by atoms with Gasteiger partial charge in [-0.05, 0) is 19.1 Å². The molecule has 14 heteroatoms. The number of pyridine rings is 1. The van der Waals surface area contributed by atoms with Gasteiger partial charge in [-0.2, -0.15) is 4.57 Å². The maximum Gasteiger partial charge on any atom is 0.278 e. The van der Waals surface area contributed by atoms with Crippen LogP contribution in [0.5, 0.6) is 0 Å². The van der Waals surface area contributed by atoms with Gasteiger partial charge >= 0.3 is 0 Å². The van der Waals surface area contributed by atoms with Crippen molar-refractivity contribution in [3.63, 3.8) is 0 Å². The highest BCUT2D eigenvalue weighted by atomic mass is 32.2. The van der Waals surface area contributed by atoms with Gasteiger partial charge in [-0.1, -0.05) is 5.16 Å². The number of aliphatic carboxylic acids is 1. The maximum absolute atomic E-state index is 13.0. The first-order valence-corrected chi connectivity index (χ1v) is 11.6. The van der Waals surface area contributed by atoms with Gasteiger partial charge in [-0.3, -0.25) is 14.5 Å². The number of amides is 2. The van der Waals surface area contributed by atoms with Crippen LogP contribution in [0.1, 0.15) is 12.7 Å². The molecule has 13 nitrogen and oxygen atoms in total. The lowest BCUT2D eigenvalue weighted by atomic mass is 10.0. The van der Waals surface area contributed by atoms with E-state index in [1.54, 1.807) is 36.0 Å². The number of oxime groups is 1. The number of carboxylic acid groups (broad SMARTS) is 1. The Labute approximate surface area is 203 Å². The number of carboxylic acids is 1. The number of hydrogen-bond donors (Lipinski definition) is 3. The zero-order valence-electron chi connectivity index (χ0n) is 18.6. The fourth-order valence-corrected chi connectivity index (χ4v) is 5.00. The molecule has 2 aliphatic heterocycles. The minimum Gasteiger partial charge on any atom is -0.543 e. The molecule has 0 aliphatic carbocycles. The Balaban J connectivity index is 1.54. The van der Waals surface area contributed by atoms with Crippen LogP contribution in [0.3, 0.4) is 0 Å². The number of carbonyl (C=O) groups is 3. The summed E-state index contributed by atoms with van der Waals surface area (Å²) in [5.41, 5.74) is 12.0. The zero-order chi connectivity index (χ0) is 25.1. The molecule has 0 radical (unpaired) electrons. The summed E-state index contributed by atoms with van der Waals surface area (Å²) in [5, 5.41) is 17.7. The van der Waals surface area contributed by atoms with E-state index >= 15 is 0 Å². The average molecular weight is 499 g/mol. The molecule has 1 saturated heterocycles. The molecule has 1 unspecified atom stereocenters. The van der Waals surface area contributed by atoms with Crippen molar-refractivity contribution in [2.24, 2.45) is 5.16 Å². The molecule has 0 bridgehead atoms. The lowest BCUT2D eigenvalue weighted by molar-refractivity contribution is -0.688. The van der Waals surface area contributed by atoms with Gasteiger partial charge in [0.25, 0.3) is 11.8 Å². The highest BCUT2D eigenvalue weighted by Crippen LogP contribution is 2.40. The molecule has 0 saturated carbocycles. The summed E-state index contributed by atoms with van der Waals surface area (Å²) < 4.78 is 1.72. The van der Waals surface area contributed by atoms with E-state index in [-0.39, 0.29) is 36.2 Å². The van der Waals surface area contributed by atoms with Gasteiger partial charge in [0, 0.05) is 23.6 Å². The molecule has 2 aromatic heterocycles. The molecule has 2 atom stereocenters. The number of thioether (sulfide) groups is 1. The number of nitrogen functional groups attached to an aromatic ring is 2. The number of rotatable bonds is 8. The largest absolute Gasteiger partial charge is 0.543 e. The molecular formula is C21H22N8O5S. The summed E-state index contributed by atoms with van der Waals surface area (Å²) in [6.45, 7) is 2.08. The zero-order valence-corrected chi connectivity index (χ0v) is 19.4. The van der Waals surface area contributed by atoms with Gasteiger partial charge in [0.2, 0.25) is 5.71 Å². The van der Waals surface area contributed by atoms with Gasteiger partial charge in [0.05, 0.1) is 17.4 Å². The second-order valence-electron chi connectivity index (χ2n) is 7.57. The number of nitrogens with zero attached hydrogens (tertiary/aromatic N) is 5. The summed E-state index contributed by atoms with van der Waals surface area (Å²) in [7, 11) is 0. The van der Waals surface area contributed by atoms with Crippen LogP contribution in [0, 0.1) is 0 Å². The smallest absolute Gasteiger partial charge is 0.278 e. The summed E-state index contributed by atoms with van der Waals surface area (Å²) in [5.74, 6) is -2.47.